The summed E-state index contributed by atoms with van der Waals surface area (Å²) >= 11 is 0. The number of hydrogen-bond donors (Lipinski definition) is 2. The van der Waals surface area contributed by atoms with Gasteiger partial charge < -0.3 is 20.3 Å². The number of morpholine rings is 1. The highest BCUT2D eigenvalue weighted by molar-refractivity contribution is 7.85. The van der Waals surface area contributed by atoms with E-state index < -0.39 is 10.8 Å². The van der Waals surface area contributed by atoms with Crippen molar-refractivity contribution in [3.63, 3.8) is 0 Å². The third-order valence-corrected chi connectivity index (χ3v) is 7.36. The van der Waals surface area contributed by atoms with Crippen LogP contribution in [-0.2, 0) is 15.5 Å². The van der Waals surface area contributed by atoms with E-state index in [-0.39, 0.29) is 29.5 Å². The first-order chi connectivity index (χ1) is 13.5. The molecule has 1 heterocycles. The molecule has 28 heavy (non-hydrogen) atoms. The maximum atomic E-state index is 12.7. The molecule has 1 aliphatic carbocycles. The summed E-state index contributed by atoms with van der Waals surface area (Å²) in [4.78, 5) is 15.0. The summed E-state index contributed by atoms with van der Waals surface area (Å²) in [5, 5.41) is 6.18. The van der Waals surface area contributed by atoms with Crippen LogP contribution in [0.25, 0.3) is 0 Å². The molecule has 2 aliphatic rings. The molecule has 1 aromatic carbocycles. The molecule has 7 heteroatoms. The quantitative estimate of drug-likeness (QED) is 0.784. The Morgan fingerprint density at radius 2 is 1.86 bits per heavy atom. The smallest absolute Gasteiger partial charge is 0.319 e. The molecule has 5 atom stereocenters. The van der Waals surface area contributed by atoms with Gasteiger partial charge in [-0.05, 0) is 38.8 Å². The fraction of sp³-hybridized carbons (Fsp3) is 0.667. The average Bonchev–Trinajstić information content (AvgIpc) is 2.67. The van der Waals surface area contributed by atoms with Gasteiger partial charge >= 0.3 is 6.03 Å². The average molecular weight is 408 g/mol. The second-order valence-electron chi connectivity index (χ2n) is 7.88. The number of para-hydroxylation sites is 2. The second-order valence-corrected chi connectivity index (χ2v) is 9.82. The highest BCUT2D eigenvalue weighted by Crippen LogP contribution is 2.29. The Bertz CT molecular complexity index is 689. The van der Waals surface area contributed by atoms with E-state index in [0.717, 1.165) is 50.1 Å². The Hall–Kier alpha value is -1.60. The van der Waals surface area contributed by atoms with Gasteiger partial charge in [-0.3, -0.25) is 4.21 Å². The summed E-state index contributed by atoms with van der Waals surface area (Å²) in [6.07, 6.45) is 4.28. The summed E-state index contributed by atoms with van der Waals surface area (Å²) in [6.45, 7) is 7.68. The largest absolute Gasteiger partial charge is 0.372 e. The molecule has 1 saturated carbocycles. The topological polar surface area (TPSA) is 70.7 Å². The molecule has 0 unspecified atom stereocenters. The number of benzene rings is 1. The monoisotopic (exact) mass is 407 g/mol. The third-order valence-electron chi connectivity index (χ3n) is 5.55. The number of anilines is 2. The van der Waals surface area contributed by atoms with Crippen molar-refractivity contribution in [3.05, 3.63) is 24.3 Å². The van der Waals surface area contributed by atoms with Crippen molar-refractivity contribution >= 4 is 28.2 Å². The summed E-state index contributed by atoms with van der Waals surface area (Å²) in [6, 6.07) is 7.65. The summed E-state index contributed by atoms with van der Waals surface area (Å²) < 4.78 is 18.2. The summed E-state index contributed by atoms with van der Waals surface area (Å²) in [5.74, 6) is 0.640. The van der Waals surface area contributed by atoms with Gasteiger partial charge in [0.1, 0.15) is 0 Å². The number of carbonyl (C=O) groups is 1. The van der Waals surface area contributed by atoms with Crippen molar-refractivity contribution in [3.8, 4) is 0 Å². The number of hydrogen-bond acceptors (Lipinski definition) is 4. The molecule has 0 radical (unpaired) electrons. The maximum absolute atomic E-state index is 12.7. The summed E-state index contributed by atoms with van der Waals surface area (Å²) in [7, 11) is -0.887. The van der Waals surface area contributed by atoms with E-state index in [1.165, 1.54) is 0 Å². The van der Waals surface area contributed by atoms with E-state index in [2.05, 4.69) is 29.4 Å². The van der Waals surface area contributed by atoms with Crippen molar-refractivity contribution < 1.29 is 13.7 Å². The molecule has 6 nitrogen and oxygen atoms in total. The Morgan fingerprint density at radius 3 is 2.57 bits per heavy atom. The molecule has 1 aliphatic heterocycles. The number of nitrogens with zero attached hydrogens (tertiary/aromatic N) is 1. The van der Waals surface area contributed by atoms with E-state index in [1.54, 1.807) is 0 Å². The van der Waals surface area contributed by atoms with Crippen LogP contribution in [0.2, 0.25) is 0 Å². The van der Waals surface area contributed by atoms with Crippen molar-refractivity contribution in [2.75, 3.05) is 29.1 Å². The molecule has 156 valence electrons. The number of amides is 2. The molecule has 2 N–H and O–H groups in total. The Kier molecular flexibility index (Phi) is 7.35. The van der Waals surface area contributed by atoms with E-state index in [1.807, 2.05) is 31.2 Å². The zero-order chi connectivity index (χ0) is 20.1. The first kappa shape index (κ1) is 21.1. The lowest BCUT2D eigenvalue weighted by atomic mass is 9.95. The predicted octanol–water partition coefficient (Wildman–Crippen LogP) is 3.50. The SMILES string of the molecule is CC[S@](=O)[C@@H]1CCCC[C@H]1NC(=O)Nc1ccccc1N1C[C@@H](C)O[C@@H](C)C1. The van der Waals surface area contributed by atoms with Gasteiger partial charge in [-0.15, -0.1) is 0 Å². The van der Waals surface area contributed by atoms with Crippen molar-refractivity contribution in [1.82, 2.24) is 5.32 Å². The number of nitrogens with one attached hydrogen (secondary N) is 2. The van der Waals surface area contributed by atoms with Crippen molar-refractivity contribution in [2.24, 2.45) is 0 Å². The summed E-state index contributed by atoms with van der Waals surface area (Å²) in [5.41, 5.74) is 1.81. The molecule has 0 aromatic heterocycles. The van der Waals surface area contributed by atoms with Crippen LogP contribution in [-0.4, -0.2) is 52.6 Å². The lowest BCUT2D eigenvalue weighted by molar-refractivity contribution is -0.00517. The molecule has 0 spiro atoms. The molecule has 2 fully saturated rings. The van der Waals surface area contributed by atoms with Crippen molar-refractivity contribution in [1.29, 1.82) is 0 Å². The molecule has 1 aromatic rings. The van der Waals surface area contributed by atoms with Crippen LogP contribution in [0.4, 0.5) is 16.2 Å². The maximum Gasteiger partial charge on any atom is 0.319 e. The van der Waals surface area contributed by atoms with Crippen LogP contribution in [0.1, 0.15) is 46.5 Å². The lowest BCUT2D eigenvalue weighted by Crippen LogP contribution is -2.49. The van der Waals surface area contributed by atoms with Gasteiger partial charge in [-0.25, -0.2) is 4.79 Å². The highest BCUT2D eigenvalue weighted by Gasteiger charge is 2.30. The zero-order valence-electron chi connectivity index (χ0n) is 17.1. The van der Waals surface area contributed by atoms with Gasteiger partial charge in [-0.2, -0.15) is 0 Å². The van der Waals surface area contributed by atoms with Crippen LogP contribution in [0.3, 0.4) is 0 Å². The number of ether oxygens (including phenoxy) is 1. The van der Waals surface area contributed by atoms with Crippen LogP contribution in [0, 0.1) is 0 Å². The van der Waals surface area contributed by atoms with Crippen LogP contribution in [0.15, 0.2) is 24.3 Å². The normalized spacial score (nSPS) is 29.2. The molecular formula is C21H33N3O3S. The van der Waals surface area contributed by atoms with Gasteiger partial charge in [0.2, 0.25) is 0 Å². The lowest BCUT2D eigenvalue weighted by Gasteiger charge is -2.37. The zero-order valence-corrected chi connectivity index (χ0v) is 18.0. The number of urea groups is 1. The minimum absolute atomic E-state index is 0.0230. The van der Waals surface area contributed by atoms with Crippen LogP contribution >= 0.6 is 0 Å². The fourth-order valence-corrected chi connectivity index (χ4v) is 5.78. The minimum Gasteiger partial charge on any atom is -0.372 e. The van der Waals surface area contributed by atoms with E-state index in [9.17, 15) is 9.00 Å². The number of carbonyl (C=O) groups excluding carboxylic acids is 1. The van der Waals surface area contributed by atoms with E-state index >= 15 is 0 Å². The molecular weight excluding hydrogens is 374 g/mol. The molecule has 3 rings (SSSR count). The van der Waals surface area contributed by atoms with Crippen LogP contribution in [0.5, 0.6) is 0 Å². The van der Waals surface area contributed by atoms with E-state index in [4.69, 9.17) is 4.74 Å². The molecule has 1 saturated heterocycles. The minimum atomic E-state index is -0.887. The third kappa shape index (κ3) is 5.26. The Morgan fingerprint density at radius 1 is 1.18 bits per heavy atom. The first-order valence-corrected chi connectivity index (χ1v) is 11.8. The fourth-order valence-electron chi connectivity index (χ4n) is 4.35. The molecule has 0 bridgehead atoms. The van der Waals surface area contributed by atoms with Gasteiger partial charge in [0.05, 0.1) is 28.8 Å². The van der Waals surface area contributed by atoms with Gasteiger partial charge in [0, 0.05) is 35.7 Å². The van der Waals surface area contributed by atoms with Gasteiger partial charge in [0.15, 0.2) is 0 Å². The van der Waals surface area contributed by atoms with Gasteiger partial charge in [0.25, 0.3) is 0 Å². The number of rotatable bonds is 5. The highest BCUT2D eigenvalue weighted by atomic mass is 32.2. The second kappa shape index (κ2) is 9.74. The Balaban J connectivity index is 1.68. The first-order valence-electron chi connectivity index (χ1n) is 10.4. The standard InChI is InChI=1S/C21H33N3O3S/c1-4-28(26)20-12-8-6-10-18(20)23-21(25)22-17-9-5-7-11-19(17)24-13-15(2)27-16(3)14-24/h5,7,9,11,15-16,18,20H,4,6,8,10,12-14H2,1-3H3,(H2,22,23,25)/t15-,16+,18-,20-,28+/m1/s1. The predicted molar refractivity (Wildman–Crippen MR) is 116 cm³/mol. The Labute approximate surface area is 170 Å². The molecule has 2 amide bonds. The van der Waals surface area contributed by atoms with E-state index in [0.29, 0.717) is 5.75 Å². The van der Waals surface area contributed by atoms with Gasteiger partial charge in [-0.1, -0.05) is 31.9 Å². The van der Waals surface area contributed by atoms with Crippen molar-refractivity contribution in [2.45, 2.75) is 70.0 Å². The van der Waals surface area contributed by atoms with Crippen LogP contribution < -0.4 is 15.5 Å².